The molecule has 0 spiro atoms. The topological polar surface area (TPSA) is 84.9 Å². The van der Waals surface area contributed by atoms with Crippen molar-refractivity contribution in [3.8, 4) is 11.5 Å². The molecular weight excluding hydrogens is 392 g/mol. The summed E-state index contributed by atoms with van der Waals surface area (Å²) in [5.74, 6) is 0.963. The van der Waals surface area contributed by atoms with Crippen molar-refractivity contribution >= 4 is 21.6 Å². The Morgan fingerprint density at radius 3 is 2.38 bits per heavy atom. The first-order valence-corrected chi connectivity index (χ1v) is 11.4. The number of carbonyl (C=O) groups is 1. The number of anilines is 1. The summed E-state index contributed by atoms with van der Waals surface area (Å²) in [4.78, 5) is 13.0. The quantitative estimate of drug-likeness (QED) is 0.747. The van der Waals surface area contributed by atoms with Crippen LogP contribution in [0.4, 0.5) is 5.69 Å². The van der Waals surface area contributed by atoms with Crippen LogP contribution in [0.5, 0.6) is 11.5 Å². The fourth-order valence-electron chi connectivity index (χ4n) is 3.36. The molecule has 1 heterocycles. The fourth-order valence-corrected chi connectivity index (χ4v) is 4.57. The van der Waals surface area contributed by atoms with Crippen LogP contribution < -0.4 is 19.1 Å². The van der Waals surface area contributed by atoms with Crippen molar-refractivity contribution in [2.75, 3.05) is 23.8 Å². The first-order chi connectivity index (χ1) is 13.8. The van der Waals surface area contributed by atoms with E-state index < -0.39 is 16.1 Å². The van der Waals surface area contributed by atoms with E-state index in [1.807, 2.05) is 25.1 Å². The highest BCUT2D eigenvalue weighted by atomic mass is 32.2. The molecule has 0 aromatic heterocycles. The Morgan fingerprint density at radius 2 is 1.76 bits per heavy atom. The Bertz CT molecular complexity index is 962. The molecule has 1 aliphatic rings. The third kappa shape index (κ3) is 4.82. The lowest BCUT2D eigenvalue weighted by Gasteiger charge is -2.31. The normalized spacial score (nSPS) is 15.3. The molecule has 2 aromatic rings. The zero-order valence-electron chi connectivity index (χ0n) is 16.8. The van der Waals surface area contributed by atoms with Crippen LogP contribution in [0.25, 0.3) is 0 Å². The Kier molecular flexibility index (Phi) is 6.32. The summed E-state index contributed by atoms with van der Waals surface area (Å²) < 4.78 is 37.2. The highest BCUT2D eigenvalue weighted by molar-refractivity contribution is 7.92. The third-order valence-corrected chi connectivity index (χ3v) is 5.95. The molecule has 1 N–H and O–H groups in total. The molecule has 2 aromatic carbocycles. The van der Waals surface area contributed by atoms with E-state index in [2.05, 4.69) is 5.32 Å². The first kappa shape index (κ1) is 21.0. The second-order valence-electron chi connectivity index (χ2n) is 6.95. The highest BCUT2D eigenvalue weighted by Crippen LogP contribution is 2.32. The minimum Gasteiger partial charge on any atom is -0.486 e. The molecule has 0 aliphatic carbocycles. The van der Waals surface area contributed by atoms with Crippen molar-refractivity contribution in [3.63, 3.8) is 0 Å². The number of nitrogens with zero attached hydrogens (tertiary/aromatic N) is 1. The van der Waals surface area contributed by atoms with Gasteiger partial charge in [-0.2, -0.15) is 0 Å². The van der Waals surface area contributed by atoms with E-state index >= 15 is 0 Å². The van der Waals surface area contributed by atoms with E-state index in [4.69, 9.17) is 9.47 Å². The summed E-state index contributed by atoms with van der Waals surface area (Å²) in [5, 5.41) is 2.93. The van der Waals surface area contributed by atoms with Gasteiger partial charge in [-0.05, 0) is 43.2 Å². The number of nitrogens with one attached hydrogen (secondary N) is 1. The molecule has 2 atom stereocenters. The van der Waals surface area contributed by atoms with Crippen LogP contribution in [0.1, 0.15) is 31.9 Å². The van der Waals surface area contributed by atoms with Crippen molar-refractivity contribution in [2.45, 2.75) is 32.4 Å². The lowest BCUT2D eigenvalue weighted by Crippen LogP contribution is -2.49. The molecule has 1 aliphatic heterocycles. The van der Waals surface area contributed by atoms with Crippen LogP contribution in [0.2, 0.25) is 0 Å². The molecule has 8 heteroatoms. The van der Waals surface area contributed by atoms with Gasteiger partial charge in [0.05, 0.1) is 18.0 Å². The van der Waals surface area contributed by atoms with Gasteiger partial charge in [0, 0.05) is 0 Å². The second-order valence-corrected chi connectivity index (χ2v) is 8.81. The zero-order valence-corrected chi connectivity index (χ0v) is 17.6. The van der Waals surface area contributed by atoms with E-state index in [9.17, 15) is 13.2 Å². The van der Waals surface area contributed by atoms with Gasteiger partial charge in [0.25, 0.3) is 0 Å². The molecule has 0 bridgehead atoms. The van der Waals surface area contributed by atoms with Crippen LogP contribution in [0.3, 0.4) is 0 Å². The van der Waals surface area contributed by atoms with E-state index in [0.717, 1.165) is 11.8 Å². The molecule has 0 fully saturated rings. The van der Waals surface area contributed by atoms with Gasteiger partial charge in [-0.1, -0.05) is 31.2 Å². The molecule has 1 amide bonds. The number of para-hydroxylation sites is 1. The van der Waals surface area contributed by atoms with Crippen molar-refractivity contribution in [3.05, 3.63) is 54.1 Å². The van der Waals surface area contributed by atoms with Crippen molar-refractivity contribution in [1.82, 2.24) is 5.32 Å². The molecule has 0 saturated carbocycles. The SMILES string of the molecule is CC[C@@H](C(=O)N[C@H](C)c1ccc2c(c1)OCCO2)N(c1ccccc1)S(C)(=O)=O. The minimum absolute atomic E-state index is 0.329. The molecule has 3 rings (SSSR count). The maximum Gasteiger partial charge on any atom is 0.244 e. The molecule has 0 radical (unpaired) electrons. The van der Waals surface area contributed by atoms with Gasteiger partial charge in [0.15, 0.2) is 11.5 Å². The Morgan fingerprint density at radius 1 is 1.10 bits per heavy atom. The Balaban J connectivity index is 1.81. The number of benzene rings is 2. The summed E-state index contributed by atoms with van der Waals surface area (Å²) in [7, 11) is -3.65. The van der Waals surface area contributed by atoms with E-state index in [1.165, 1.54) is 4.31 Å². The van der Waals surface area contributed by atoms with E-state index in [1.54, 1.807) is 37.3 Å². The van der Waals surface area contributed by atoms with Crippen LogP contribution in [0.15, 0.2) is 48.5 Å². The smallest absolute Gasteiger partial charge is 0.244 e. The fraction of sp³-hybridized carbons (Fsp3) is 0.381. The van der Waals surface area contributed by atoms with Crippen molar-refractivity contribution in [1.29, 1.82) is 0 Å². The molecular formula is C21H26N2O5S. The number of rotatable bonds is 7. The average molecular weight is 419 g/mol. The van der Waals surface area contributed by atoms with Gasteiger partial charge >= 0.3 is 0 Å². The highest BCUT2D eigenvalue weighted by Gasteiger charge is 2.32. The number of hydrogen-bond donors (Lipinski definition) is 1. The van der Waals surface area contributed by atoms with Gasteiger partial charge in [-0.15, -0.1) is 0 Å². The number of sulfonamides is 1. The number of carbonyl (C=O) groups excluding carboxylic acids is 1. The van der Waals surface area contributed by atoms with Crippen molar-refractivity contribution < 1.29 is 22.7 Å². The second kappa shape index (κ2) is 8.73. The average Bonchev–Trinajstić information content (AvgIpc) is 2.71. The summed E-state index contributed by atoms with van der Waals surface area (Å²) in [6, 6.07) is 13.0. The first-order valence-electron chi connectivity index (χ1n) is 9.55. The summed E-state index contributed by atoms with van der Waals surface area (Å²) in [6.07, 6.45) is 1.45. The van der Waals surface area contributed by atoms with Gasteiger partial charge in [-0.3, -0.25) is 9.10 Å². The number of hydrogen-bond acceptors (Lipinski definition) is 5. The maximum atomic E-state index is 13.0. The zero-order chi connectivity index (χ0) is 21.0. The van der Waals surface area contributed by atoms with Crippen LogP contribution in [0, 0.1) is 0 Å². The number of fused-ring (bicyclic) bond motifs is 1. The van der Waals surface area contributed by atoms with Crippen LogP contribution in [-0.2, 0) is 14.8 Å². The summed E-state index contributed by atoms with van der Waals surface area (Å²) in [6.45, 7) is 4.64. The van der Waals surface area contributed by atoms with Crippen LogP contribution >= 0.6 is 0 Å². The van der Waals surface area contributed by atoms with Gasteiger partial charge in [0.2, 0.25) is 15.9 Å². The van der Waals surface area contributed by atoms with Crippen molar-refractivity contribution in [2.24, 2.45) is 0 Å². The van der Waals surface area contributed by atoms with Crippen LogP contribution in [-0.4, -0.2) is 39.8 Å². The van der Waals surface area contributed by atoms with E-state index in [-0.39, 0.29) is 11.9 Å². The molecule has 0 unspecified atom stereocenters. The summed E-state index contributed by atoms with van der Waals surface area (Å²) >= 11 is 0. The predicted molar refractivity (Wildman–Crippen MR) is 112 cm³/mol. The predicted octanol–water partition coefficient (Wildman–Crippen LogP) is 2.88. The van der Waals surface area contributed by atoms with E-state index in [0.29, 0.717) is 36.8 Å². The van der Waals surface area contributed by atoms with Gasteiger partial charge in [0.1, 0.15) is 19.3 Å². The molecule has 7 nitrogen and oxygen atoms in total. The standard InChI is InChI=1S/C21H26N2O5S/c1-4-18(23(29(3,25)26)17-8-6-5-7-9-17)21(24)22-15(2)16-10-11-19-20(14-16)28-13-12-27-19/h5-11,14-15,18H,4,12-13H2,1-3H3,(H,22,24)/t15-,18+/m1/s1. The number of amides is 1. The van der Waals surface area contributed by atoms with Gasteiger partial charge < -0.3 is 14.8 Å². The Labute approximate surface area is 171 Å². The number of ether oxygens (including phenoxy) is 2. The lowest BCUT2D eigenvalue weighted by atomic mass is 10.1. The summed E-state index contributed by atoms with van der Waals surface area (Å²) in [5.41, 5.74) is 1.31. The lowest BCUT2D eigenvalue weighted by molar-refractivity contribution is -0.122. The molecule has 156 valence electrons. The van der Waals surface area contributed by atoms with Gasteiger partial charge in [-0.25, -0.2) is 8.42 Å². The minimum atomic E-state index is -3.65. The Hall–Kier alpha value is -2.74. The largest absolute Gasteiger partial charge is 0.486 e. The molecule has 29 heavy (non-hydrogen) atoms. The monoisotopic (exact) mass is 418 g/mol. The third-order valence-electron chi connectivity index (χ3n) is 4.77. The molecule has 0 saturated heterocycles. The maximum absolute atomic E-state index is 13.0.